The number of carbonyl (C=O) groups excluding carboxylic acids is 2. The van der Waals surface area contributed by atoms with Crippen LogP contribution in [0.15, 0.2) is 48.7 Å². The molecule has 1 amide bonds. The lowest BCUT2D eigenvalue weighted by molar-refractivity contribution is -0.0882. The van der Waals surface area contributed by atoms with E-state index in [2.05, 4.69) is 9.88 Å². The average Bonchev–Trinajstić information content (AvgIpc) is 3.22. The number of benzene rings is 1. The Hall–Kier alpha value is -2.94. The number of pyridine rings is 1. The third kappa shape index (κ3) is 3.82. The zero-order valence-electron chi connectivity index (χ0n) is 15.1. The van der Waals surface area contributed by atoms with E-state index in [0.717, 1.165) is 22.7 Å². The van der Waals surface area contributed by atoms with Crippen LogP contribution < -0.4 is 4.90 Å². The van der Waals surface area contributed by atoms with Crippen molar-refractivity contribution in [2.24, 2.45) is 0 Å². The van der Waals surface area contributed by atoms with Crippen LogP contribution in [-0.2, 0) is 0 Å². The molecule has 0 radical (unpaired) electrons. The van der Waals surface area contributed by atoms with Gasteiger partial charge in [-0.3, -0.25) is 9.59 Å². The molecule has 0 unspecified atom stereocenters. The number of fused-ring (bicyclic) bond motifs is 1. The molecule has 0 atom stereocenters. The molecule has 3 aromatic rings. The van der Waals surface area contributed by atoms with Crippen molar-refractivity contribution < 1.29 is 22.8 Å². The topological polar surface area (TPSA) is 53.5 Å². The lowest BCUT2D eigenvalue weighted by Gasteiger charge is -2.35. The van der Waals surface area contributed by atoms with Crippen LogP contribution >= 0.6 is 11.3 Å². The number of piperazine rings is 1. The van der Waals surface area contributed by atoms with Crippen LogP contribution in [0.5, 0.6) is 0 Å². The zero-order chi connectivity index (χ0) is 20.6. The second-order valence-corrected chi connectivity index (χ2v) is 7.71. The number of ketones is 1. The summed E-state index contributed by atoms with van der Waals surface area (Å²) in [6, 6.07) is 12.2. The van der Waals surface area contributed by atoms with Gasteiger partial charge in [-0.05, 0) is 23.6 Å². The molecule has 0 bridgehead atoms. The maximum Gasteiger partial charge on any atom is 0.455 e. The summed E-state index contributed by atoms with van der Waals surface area (Å²) in [6.45, 7) is 1.97. The third-order valence-electron chi connectivity index (χ3n) is 4.82. The van der Waals surface area contributed by atoms with Gasteiger partial charge in [-0.2, -0.15) is 13.2 Å². The number of nitrogens with zero attached hydrogens (tertiary/aromatic N) is 3. The Morgan fingerprint density at radius 2 is 1.62 bits per heavy atom. The Morgan fingerprint density at radius 1 is 0.931 bits per heavy atom. The van der Waals surface area contributed by atoms with E-state index in [-0.39, 0.29) is 10.8 Å². The van der Waals surface area contributed by atoms with Gasteiger partial charge in [0.25, 0.3) is 11.7 Å². The van der Waals surface area contributed by atoms with Gasteiger partial charge >= 0.3 is 6.18 Å². The summed E-state index contributed by atoms with van der Waals surface area (Å²) in [7, 11) is 0. The Labute approximate surface area is 168 Å². The summed E-state index contributed by atoms with van der Waals surface area (Å²) in [5, 5.41) is 2.11. The summed E-state index contributed by atoms with van der Waals surface area (Å²) in [6.07, 6.45) is -3.19. The van der Waals surface area contributed by atoms with E-state index < -0.39 is 16.8 Å². The summed E-state index contributed by atoms with van der Waals surface area (Å²) < 4.78 is 37.7. The molecule has 0 N–H and O–H groups in total. The summed E-state index contributed by atoms with van der Waals surface area (Å²) in [4.78, 5) is 31.8. The van der Waals surface area contributed by atoms with Gasteiger partial charge in [0.2, 0.25) is 0 Å². The van der Waals surface area contributed by atoms with Gasteiger partial charge in [0, 0.05) is 37.8 Å². The Morgan fingerprint density at radius 3 is 2.34 bits per heavy atom. The number of thiophene rings is 1. The van der Waals surface area contributed by atoms with Crippen molar-refractivity contribution in [1.82, 2.24) is 9.88 Å². The maximum absolute atomic E-state index is 12.7. The van der Waals surface area contributed by atoms with Gasteiger partial charge in [-0.1, -0.05) is 24.3 Å². The molecule has 0 aliphatic carbocycles. The van der Waals surface area contributed by atoms with Crippen molar-refractivity contribution in [2.75, 3.05) is 31.1 Å². The highest BCUT2D eigenvalue weighted by atomic mass is 32.1. The quantitative estimate of drug-likeness (QED) is 0.602. The average molecular weight is 419 g/mol. The number of amides is 1. The molecule has 3 heterocycles. The number of carbonyl (C=O) groups is 2. The molecule has 1 aliphatic rings. The minimum atomic E-state index is -4.94. The summed E-state index contributed by atoms with van der Waals surface area (Å²) in [5.74, 6) is -1.43. The first kappa shape index (κ1) is 19.4. The Balaban J connectivity index is 1.45. The summed E-state index contributed by atoms with van der Waals surface area (Å²) in [5.41, 5.74) is 0. The monoisotopic (exact) mass is 419 g/mol. The minimum Gasteiger partial charge on any atom is -0.353 e. The standard InChI is InChI=1S/C20H16F3N3O2S/c21-20(22,23)17(27)15-5-6-16(29-15)19(28)26-11-9-25(10-12-26)18-14-4-2-1-3-13(14)7-8-24-18/h1-8H,9-12H2. The fraction of sp³-hybridized carbons (Fsp3) is 0.250. The number of anilines is 1. The van der Waals surface area contributed by atoms with Gasteiger partial charge < -0.3 is 9.80 Å². The minimum absolute atomic E-state index is 0.134. The van der Waals surface area contributed by atoms with Crippen molar-refractivity contribution in [3.63, 3.8) is 0 Å². The van der Waals surface area contributed by atoms with Crippen molar-refractivity contribution in [3.05, 3.63) is 58.4 Å². The largest absolute Gasteiger partial charge is 0.455 e. The van der Waals surface area contributed by atoms with E-state index in [0.29, 0.717) is 37.5 Å². The van der Waals surface area contributed by atoms with Crippen LogP contribution in [0.1, 0.15) is 19.3 Å². The van der Waals surface area contributed by atoms with Crippen molar-refractivity contribution in [3.8, 4) is 0 Å². The third-order valence-corrected chi connectivity index (χ3v) is 5.89. The fourth-order valence-corrected chi connectivity index (χ4v) is 4.28. The van der Waals surface area contributed by atoms with Gasteiger partial charge in [0.15, 0.2) is 0 Å². The molecule has 9 heteroatoms. The first-order chi connectivity index (χ1) is 13.8. The molecule has 1 aromatic carbocycles. The molecule has 0 saturated carbocycles. The number of rotatable bonds is 3. The molecule has 5 nitrogen and oxygen atoms in total. The molecule has 1 aliphatic heterocycles. The second kappa shape index (κ2) is 7.47. The van der Waals surface area contributed by atoms with Crippen molar-refractivity contribution in [1.29, 1.82) is 0 Å². The molecular weight excluding hydrogens is 403 g/mol. The van der Waals surface area contributed by atoms with Gasteiger partial charge in [-0.25, -0.2) is 4.98 Å². The van der Waals surface area contributed by atoms with Gasteiger partial charge in [0.1, 0.15) is 5.82 Å². The maximum atomic E-state index is 12.7. The molecule has 29 heavy (non-hydrogen) atoms. The highest BCUT2D eigenvalue weighted by molar-refractivity contribution is 7.16. The van der Waals surface area contributed by atoms with Crippen LogP contribution in [0, 0.1) is 0 Å². The van der Waals surface area contributed by atoms with E-state index in [4.69, 9.17) is 0 Å². The van der Waals surface area contributed by atoms with E-state index in [1.165, 1.54) is 6.07 Å². The number of hydrogen-bond acceptors (Lipinski definition) is 5. The molecule has 1 saturated heterocycles. The number of Topliss-reactive ketones (excluding diaryl/α,β-unsaturated/α-hetero) is 1. The van der Waals surface area contributed by atoms with E-state index in [9.17, 15) is 22.8 Å². The highest BCUT2D eigenvalue weighted by Gasteiger charge is 2.40. The molecule has 2 aromatic heterocycles. The van der Waals surface area contributed by atoms with E-state index in [1.54, 1.807) is 11.1 Å². The summed E-state index contributed by atoms with van der Waals surface area (Å²) >= 11 is 0.582. The van der Waals surface area contributed by atoms with E-state index >= 15 is 0 Å². The van der Waals surface area contributed by atoms with Crippen LogP contribution in [0.2, 0.25) is 0 Å². The molecular formula is C20H16F3N3O2S. The number of alkyl halides is 3. The van der Waals surface area contributed by atoms with Crippen molar-refractivity contribution in [2.45, 2.75) is 6.18 Å². The van der Waals surface area contributed by atoms with Gasteiger partial charge in [-0.15, -0.1) is 11.3 Å². The smallest absolute Gasteiger partial charge is 0.353 e. The zero-order valence-corrected chi connectivity index (χ0v) is 16.0. The number of hydrogen-bond donors (Lipinski definition) is 0. The molecule has 1 fully saturated rings. The van der Waals surface area contributed by atoms with Crippen molar-refractivity contribution >= 4 is 39.6 Å². The number of aromatic nitrogens is 1. The Kier molecular flexibility index (Phi) is 4.99. The van der Waals surface area contributed by atoms with Crippen LogP contribution in [0.3, 0.4) is 0 Å². The first-order valence-corrected chi connectivity index (χ1v) is 9.75. The molecule has 150 valence electrons. The lowest BCUT2D eigenvalue weighted by atomic mass is 10.1. The highest BCUT2D eigenvalue weighted by Crippen LogP contribution is 2.28. The van der Waals surface area contributed by atoms with Crippen LogP contribution in [0.4, 0.5) is 19.0 Å². The number of halogens is 3. The van der Waals surface area contributed by atoms with Crippen LogP contribution in [-0.4, -0.2) is 53.9 Å². The Bertz CT molecular complexity index is 1070. The second-order valence-electron chi connectivity index (χ2n) is 6.63. The SMILES string of the molecule is O=C(c1ccc(C(=O)C(F)(F)F)s1)N1CCN(c2nccc3ccccc23)CC1. The predicted molar refractivity (Wildman–Crippen MR) is 105 cm³/mol. The predicted octanol–water partition coefficient (Wildman–Crippen LogP) is 4.00. The van der Waals surface area contributed by atoms with Gasteiger partial charge in [0.05, 0.1) is 9.75 Å². The molecule has 4 rings (SSSR count). The van der Waals surface area contributed by atoms with Crippen LogP contribution in [0.25, 0.3) is 10.8 Å². The van der Waals surface area contributed by atoms with E-state index in [1.807, 2.05) is 30.3 Å². The lowest BCUT2D eigenvalue weighted by Crippen LogP contribution is -2.49. The first-order valence-electron chi connectivity index (χ1n) is 8.94. The fourth-order valence-electron chi connectivity index (χ4n) is 3.35. The normalized spacial score (nSPS) is 15.0. The molecule has 0 spiro atoms.